The Morgan fingerprint density at radius 2 is 2.06 bits per heavy atom. The highest BCUT2D eigenvalue weighted by atomic mass is 19.1. The Morgan fingerprint density at radius 3 is 2.65 bits per heavy atom. The van der Waals surface area contributed by atoms with Gasteiger partial charge in [0.05, 0.1) is 24.3 Å². The van der Waals surface area contributed by atoms with Crippen LogP contribution < -0.4 is 21.1 Å². The molecule has 0 aliphatic carbocycles. The SMILES string of the molecule is CC.CC#Cc1cnc(NCC2NC(=O)C(F)C2CC)c2cc(OC)c(C(N)=O)cc12. The lowest BCUT2D eigenvalue weighted by Gasteiger charge is -2.20. The summed E-state index contributed by atoms with van der Waals surface area (Å²) in [5.41, 5.74) is 6.36. The number of primary amides is 1. The molecule has 1 aromatic carbocycles. The van der Waals surface area contributed by atoms with Crippen LogP contribution in [0.2, 0.25) is 0 Å². The van der Waals surface area contributed by atoms with Crippen molar-refractivity contribution in [3.8, 4) is 17.6 Å². The highest BCUT2D eigenvalue weighted by Gasteiger charge is 2.41. The predicted octanol–water partition coefficient (Wildman–Crippen LogP) is 3.01. The molecular weight excluding hydrogens is 399 g/mol. The summed E-state index contributed by atoms with van der Waals surface area (Å²) in [4.78, 5) is 27.9. The Hall–Kier alpha value is -3.34. The van der Waals surface area contributed by atoms with E-state index in [4.69, 9.17) is 10.5 Å². The lowest BCUT2D eigenvalue weighted by molar-refractivity contribution is -0.123. The summed E-state index contributed by atoms with van der Waals surface area (Å²) in [5, 5.41) is 7.25. The summed E-state index contributed by atoms with van der Waals surface area (Å²) in [6.45, 7) is 7.87. The van der Waals surface area contributed by atoms with Gasteiger partial charge < -0.3 is 21.1 Å². The van der Waals surface area contributed by atoms with Crippen LogP contribution in [0, 0.1) is 17.8 Å². The lowest BCUT2D eigenvalue weighted by atomic mass is 9.96. The molecule has 31 heavy (non-hydrogen) atoms. The molecule has 8 heteroatoms. The van der Waals surface area contributed by atoms with Gasteiger partial charge in [-0.3, -0.25) is 9.59 Å². The van der Waals surface area contributed by atoms with Crippen molar-refractivity contribution >= 4 is 28.4 Å². The zero-order chi connectivity index (χ0) is 23.1. The van der Waals surface area contributed by atoms with Crippen molar-refractivity contribution in [2.75, 3.05) is 19.0 Å². The van der Waals surface area contributed by atoms with Gasteiger partial charge in [-0.25, -0.2) is 9.37 Å². The monoisotopic (exact) mass is 428 g/mol. The predicted molar refractivity (Wildman–Crippen MR) is 120 cm³/mol. The van der Waals surface area contributed by atoms with E-state index < -0.39 is 23.9 Å². The number of nitrogens with one attached hydrogen (secondary N) is 2. The van der Waals surface area contributed by atoms with Crippen LogP contribution in [-0.2, 0) is 4.79 Å². The molecule has 0 bridgehead atoms. The van der Waals surface area contributed by atoms with Crippen LogP contribution >= 0.6 is 0 Å². The highest BCUT2D eigenvalue weighted by molar-refractivity contribution is 6.04. The van der Waals surface area contributed by atoms with Crippen molar-refractivity contribution in [1.29, 1.82) is 0 Å². The molecule has 7 nitrogen and oxygen atoms in total. The van der Waals surface area contributed by atoms with E-state index in [9.17, 15) is 14.0 Å². The minimum absolute atomic E-state index is 0.241. The van der Waals surface area contributed by atoms with Gasteiger partial charge in [0, 0.05) is 29.4 Å². The van der Waals surface area contributed by atoms with Crippen LogP contribution in [0.25, 0.3) is 10.8 Å². The van der Waals surface area contributed by atoms with Gasteiger partial charge in [-0.1, -0.05) is 26.7 Å². The fourth-order valence-electron chi connectivity index (χ4n) is 3.67. The number of methoxy groups -OCH3 is 1. The number of nitrogens with two attached hydrogens (primary N) is 1. The van der Waals surface area contributed by atoms with Crippen molar-refractivity contribution in [2.24, 2.45) is 11.7 Å². The Balaban J connectivity index is 0.00000166. The Kier molecular flexibility index (Phi) is 8.20. The normalized spacial score (nSPS) is 19.5. The second-order valence-corrected chi connectivity index (χ2v) is 6.83. The molecule has 0 radical (unpaired) electrons. The van der Waals surface area contributed by atoms with Gasteiger partial charge >= 0.3 is 0 Å². The number of amides is 2. The average molecular weight is 429 g/mol. The van der Waals surface area contributed by atoms with Crippen LogP contribution in [0.5, 0.6) is 5.75 Å². The van der Waals surface area contributed by atoms with Crippen LogP contribution in [0.1, 0.15) is 50.0 Å². The molecule has 1 aliphatic heterocycles. The third-order valence-corrected chi connectivity index (χ3v) is 5.16. The van der Waals surface area contributed by atoms with Crippen molar-refractivity contribution < 1.29 is 18.7 Å². The number of ether oxygens (including phenoxy) is 1. The van der Waals surface area contributed by atoms with Crippen molar-refractivity contribution in [1.82, 2.24) is 10.3 Å². The number of hydrogen-bond acceptors (Lipinski definition) is 5. The van der Waals surface area contributed by atoms with Gasteiger partial charge in [0.2, 0.25) is 0 Å². The summed E-state index contributed by atoms with van der Waals surface area (Å²) in [6, 6.07) is 2.96. The average Bonchev–Trinajstić information content (AvgIpc) is 3.06. The molecule has 2 amide bonds. The van der Waals surface area contributed by atoms with E-state index in [1.807, 2.05) is 20.8 Å². The number of anilines is 1. The number of alkyl halides is 1. The molecular formula is C23H29FN4O3. The molecule has 0 saturated carbocycles. The summed E-state index contributed by atoms with van der Waals surface area (Å²) in [5.74, 6) is 5.04. The molecule has 166 valence electrons. The summed E-state index contributed by atoms with van der Waals surface area (Å²) in [7, 11) is 1.45. The maximum Gasteiger partial charge on any atom is 0.255 e. The molecule has 1 aromatic heterocycles. The first-order chi connectivity index (χ1) is 14.9. The molecule has 3 rings (SSSR count). The summed E-state index contributed by atoms with van der Waals surface area (Å²) < 4.78 is 19.3. The molecule has 2 aromatic rings. The molecule has 2 heterocycles. The molecule has 3 unspecified atom stereocenters. The number of benzene rings is 1. The molecule has 1 aliphatic rings. The first-order valence-electron chi connectivity index (χ1n) is 10.3. The van der Waals surface area contributed by atoms with E-state index in [1.165, 1.54) is 7.11 Å². The van der Waals surface area contributed by atoms with Gasteiger partial charge in [-0.05, 0) is 25.5 Å². The second kappa shape index (κ2) is 10.6. The highest BCUT2D eigenvalue weighted by Crippen LogP contribution is 2.32. The molecule has 1 fully saturated rings. The van der Waals surface area contributed by atoms with Crippen molar-refractivity contribution in [3.05, 3.63) is 29.5 Å². The van der Waals surface area contributed by atoms with Crippen LogP contribution in [0.4, 0.5) is 10.2 Å². The van der Waals surface area contributed by atoms with E-state index in [2.05, 4.69) is 27.5 Å². The number of pyridine rings is 1. The number of carbonyl (C=O) groups excluding carboxylic acids is 2. The van der Waals surface area contributed by atoms with E-state index in [0.29, 0.717) is 40.9 Å². The van der Waals surface area contributed by atoms with Crippen LogP contribution in [0.15, 0.2) is 18.3 Å². The summed E-state index contributed by atoms with van der Waals surface area (Å²) in [6.07, 6.45) is 0.638. The quantitative estimate of drug-likeness (QED) is 0.613. The maximum absolute atomic E-state index is 14.0. The lowest BCUT2D eigenvalue weighted by Crippen LogP contribution is -2.35. The van der Waals surface area contributed by atoms with E-state index in [1.54, 1.807) is 25.3 Å². The number of halogens is 1. The van der Waals surface area contributed by atoms with Gasteiger partial charge in [-0.15, -0.1) is 5.92 Å². The first-order valence-corrected chi connectivity index (χ1v) is 10.3. The first kappa shape index (κ1) is 23.9. The Bertz CT molecular complexity index is 1030. The van der Waals surface area contributed by atoms with E-state index in [-0.39, 0.29) is 11.6 Å². The van der Waals surface area contributed by atoms with Crippen molar-refractivity contribution in [2.45, 2.75) is 46.3 Å². The molecule has 1 saturated heterocycles. The van der Waals surface area contributed by atoms with Crippen LogP contribution in [0.3, 0.4) is 0 Å². The number of hydrogen-bond donors (Lipinski definition) is 3. The smallest absolute Gasteiger partial charge is 0.255 e. The number of aromatic nitrogens is 1. The Labute approximate surface area is 181 Å². The van der Waals surface area contributed by atoms with Gasteiger partial charge in [-0.2, -0.15) is 0 Å². The number of fused-ring (bicyclic) bond motifs is 1. The minimum atomic E-state index is -1.50. The van der Waals surface area contributed by atoms with Gasteiger partial charge in [0.1, 0.15) is 11.6 Å². The van der Waals surface area contributed by atoms with E-state index >= 15 is 0 Å². The minimum Gasteiger partial charge on any atom is -0.496 e. The van der Waals surface area contributed by atoms with Gasteiger partial charge in [0.15, 0.2) is 6.17 Å². The number of rotatable bonds is 6. The van der Waals surface area contributed by atoms with Crippen LogP contribution in [-0.4, -0.2) is 42.7 Å². The fraction of sp³-hybridized carbons (Fsp3) is 0.435. The summed E-state index contributed by atoms with van der Waals surface area (Å²) >= 11 is 0. The third-order valence-electron chi connectivity index (χ3n) is 5.16. The topological polar surface area (TPSA) is 106 Å². The largest absolute Gasteiger partial charge is 0.496 e. The van der Waals surface area contributed by atoms with Crippen molar-refractivity contribution in [3.63, 3.8) is 0 Å². The van der Waals surface area contributed by atoms with Gasteiger partial charge in [0.25, 0.3) is 11.8 Å². The molecule has 0 spiro atoms. The Morgan fingerprint density at radius 1 is 1.35 bits per heavy atom. The zero-order valence-electron chi connectivity index (χ0n) is 18.5. The number of nitrogens with zero attached hydrogens (tertiary/aromatic N) is 1. The maximum atomic E-state index is 14.0. The molecule has 3 atom stereocenters. The standard InChI is InChI=1S/C21H23FN4O3.C2H6/c1-4-6-11-9-24-20(25-10-16-12(5-2)18(22)21(28)26-16)14-8-17(29-3)15(19(23)27)7-13(11)14;1-2/h7-9,12,16,18H,5,10H2,1-3H3,(H2,23,27)(H,24,25)(H,26,28);1-2H3. The van der Waals surface area contributed by atoms with E-state index in [0.717, 1.165) is 0 Å². The number of carbonyl (C=O) groups is 2. The third kappa shape index (κ3) is 4.88. The fourth-order valence-corrected chi connectivity index (χ4v) is 3.67. The second-order valence-electron chi connectivity index (χ2n) is 6.83. The molecule has 4 N–H and O–H groups in total. The zero-order valence-corrected chi connectivity index (χ0v) is 18.5.